The standard InChI is InChI=1S/2C4H10O.3C2H5.Al/c2*1-2-3-4-5;3*1-2;/h2*5H,2-4H2,1H3;3*1H2,2H3;. The molecule has 0 radical (unpaired) electrons. The van der Waals surface area contributed by atoms with Crippen molar-refractivity contribution in [2.24, 2.45) is 0 Å². The summed E-state index contributed by atoms with van der Waals surface area (Å²) < 4.78 is 0. The van der Waals surface area contributed by atoms with Crippen molar-refractivity contribution in [2.75, 3.05) is 13.2 Å². The van der Waals surface area contributed by atoms with E-state index in [1.807, 2.05) is 0 Å². The summed E-state index contributed by atoms with van der Waals surface area (Å²) in [5, 5.41) is 20.6. The summed E-state index contributed by atoms with van der Waals surface area (Å²) in [6.45, 7) is 11.8. The second kappa shape index (κ2) is 25.3. The minimum atomic E-state index is -0.171. The Labute approximate surface area is 114 Å². The third kappa shape index (κ3) is 31.5. The number of rotatable bonds is 7. The van der Waals surface area contributed by atoms with Gasteiger partial charge in [-0.2, -0.15) is 0 Å². The predicted octanol–water partition coefficient (Wildman–Crippen LogP) is 4.10. The molecule has 0 atom stereocenters. The minimum Gasteiger partial charge on any atom is -0.396 e. The van der Waals surface area contributed by atoms with Crippen LogP contribution >= 0.6 is 0 Å². The van der Waals surface area contributed by atoms with Gasteiger partial charge in [0.15, 0.2) is 0 Å². The number of hydrogen-bond donors (Lipinski definition) is 2. The van der Waals surface area contributed by atoms with Gasteiger partial charge in [0.2, 0.25) is 0 Å². The van der Waals surface area contributed by atoms with E-state index in [9.17, 15) is 0 Å². The molecule has 0 aliphatic heterocycles. The molecule has 0 saturated heterocycles. The van der Waals surface area contributed by atoms with Crippen molar-refractivity contribution in [1.82, 2.24) is 0 Å². The maximum absolute atomic E-state index is 8.07. The van der Waals surface area contributed by atoms with E-state index in [1.165, 1.54) is 15.8 Å². The quantitative estimate of drug-likeness (QED) is 0.678. The second-order valence-corrected chi connectivity index (χ2v) is 8.43. The van der Waals surface area contributed by atoms with E-state index >= 15 is 0 Å². The molecule has 106 valence electrons. The molecular weight excluding hydrogens is 227 g/mol. The van der Waals surface area contributed by atoms with Crippen LogP contribution in [0.5, 0.6) is 0 Å². The van der Waals surface area contributed by atoms with Crippen molar-refractivity contribution in [3.8, 4) is 0 Å². The highest BCUT2D eigenvalue weighted by molar-refractivity contribution is 6.58. The first-order valence-electron chi connectivity index (χ1n) is 7.39. The Morgan fingerprint density at radius 3 is 0.941 bits per heavy atom. The Hall–Kier alpha value is 0.452. The van der Waals surface area contributed by atoms with E-state index in [0.29, 0.717) is 13.2 Å². The molecule has 0 aromatic heterocycles. The van der Waals surface area contributed by atoms with Gasteiger partial charge >= 0.3 is 0 Å². The lowest BCUT2D eigenvalue weighted by atomic mass is 10.4. The molecule has 0 fully saturated rings. The van der Waals surface area contributed by atoms with Crippen LogP contribution in [-0.4, -0.2) is 37.6 Å². The van der Waals surface area contributed by atoms with Crippen molar-refractivity contribution in [1.29, 1.82) is 0 Å². The number of unbranched alkanes of at least 4 members (excludes halogenated alkanes) is 2. The van der Waals surface area contributed by atoms with Crippen molar-refractivity contribution in [2.45, 2.75) is 76.2 Å². The van der Waals surface area contributed by atoms with Crippen LogP contribution in [-0.2, 0) is 0 Å². The average Bonchev–Trinajstić information content (AvgIpc) is 2.35. The van der Waals surface area contributed by atoms with Crippen molar-refractivity contribution >= 4 is 14.1 Å². The Morgan fingerprint density at radius 1 is 0.647 bits per heavy atom. The molecule has 0 aliphatic carbocycles. The summed E-state index contributed by atoms with van der Waals surface area (Å²) in [5.74, 6) is 0. The van der Waals surface area contributed by atoms with Gasteiger partial charge in [0, 0.05) is 13.2 Å². The van der Waals surface area contributed by atoms with Crippen LogP contribution in [0, 0.1) is 0 Å². The van der Waals surface area contributed by atoms with Crippen molar-refractivity contribution in [3.63, 3.8) is 0 Å². The zero-order chi connectivity index (χ0) is 13.9. The first-order chi connectivity index (χ1) is 8.17. The van der Waals surface area contributed by atoms with Gasteiger partial charge in [0.05, 0.1) is 0 Å². The molecule has 0 unspecified atom stereocenters. The molecule has 2 nitrogen and oxygen atoms in total. The molecular formula is C14H35AlO2. The molecule has 0 heterocycles. The molecule has 2 N–H and O–H groups in total. The summed E-state index contributed by atoms with van der Waals surface area (Å²) in [7, 11) is 0. The van der Waals surface area contributed by atoms with E-state index in [1.54, 1.807) is 0 Å². The fourth-order valence-corrected chi connectivity index (χ4v) is 2.91. The lowest BCUT2D eigenvalue weighted by molar-refractivity contribution is 0.286. The molecule has 0 bridgehead atoms. The van der Waals surface area contributed by atoms with E-state index in [4.69, 9.17) is 10.2 Å². The molecule has 0 aromatic carbocycles. The highest BCUT2D eigenvalue weighted by Gasteiger charge is 2.05. The summed E-state index contributed by atoms with van der Waals surface area (Å²) in [6.07, 6.45) is 4.08. The highest BCUT2D eigenvalue weighted by atomic mass is 27.2. The lowest BCUT2D eigenvalue weighted by Gasteiger charge is -1.97. The van der Waals surface area contributed by atoms with Crippen LogP contribution in [0.3, 0.4) is 0 Å². The van der Waals surface area contributed by atoms with Gasteiger partial charge in [-0.05, 0) is 12.8 Å². The van der Waals surface area contributed by atoms with E-state index < -0.39 is 0 Å². The van der Waals surface area contributed by atoms with Crippen LogP contribution in [0.1, 0.15) is 60.3 Å². The van der Waals surface area contributed by atoms with E-state index in [0.717, 1.165) is 25.7 Å². The zero-order valence-corrected chi connectivity index (χ0v) is 14.0. The van der Waals surface area contributed by atoms with Gasteiger partial charge in [0.1, 0.15) is 0 Å². The first-order valence-corrected chi connectivity index (χ1v) is 9.84. The fourth-order valence-electron chi connectivity index (χ4n) is 1.18. The highest BCUT2D eigenvalue weighted by Crippen LogP contribution is 2.01. The van der Waals surface area contributed by atoms with Crippen molar-refractivity contribution < 1.29 is 10.2 Å². The fraction of sp³-hybridized carbons (Fsp3) is 1.00. The monoisotopic (exact) mass is 262 g/mol. The average molecular weight is 262 g/mol. The van der Waals surface area contributed by atoms with Gasteiger partial charge in [-0.1, -0.05) is 63.3 Å². The van der Waals surface area contributed by atoms with Crippen molar-refractivity contribution in [3.05, 3.63) is 0 Å². The SMILES string of the molecule is CCCCO.CCCCO.C[CH2][Al]([CH2]C)[CH2]C. The van der Waals surface area contributed by atoms with Crippen LogP contribution < -0.4 is 0 Å². The lowest BCUT2D eigenvalue weighted by Crippen LogP contribution is -2.04. The molecule has 0 aromatic rings. The zero-order valence-electron chi connectivity index (χ0n) is 12.8. The predicted molar refractivity (Wildman–Crippen MR) is 81.2 cm³/mol. The molecule has 0 rings (SSSR count). The number of aliphatic hydroxyl groups excluding tert-OH is 2. The van der Waals surface area contributed by atoms with Gasteiger partial charge in [-0.25, -0.2) is 0 Å². The van der Waals surface area contributed by atoms with Gasteiger partial charge < -0.3 is 10.2 Å². The normalized spacial score (nSPS) is 8.65. The molecule has 0 saturated carbocycles. The van der Waals surface area contributed by atoms with Gasteiger partial charge in [-0.3, -0.25) is 0 Å². The van der Waals surface area contributed by atoms with E-state index in [-0.39, 0.29) is 14.1 Å². The molecule has 0 spiro atoms. The second-order valence-electron chi connectivity index (χ2n) is 4.25. The summed E-state index contributed by atoms with van der Waals surface area (Å²) in [5.41, 5.74) is 0. The molecule has 0 aliphatic rings. The Kier molecular flexibility index (Phi) is 33.7. The Bertz CT molecular complexity index is 80.7. The maximum atomic E-state index is 8.07. The summed E-state index contributed by atoms with van der Waals surface area (Å²) in [6, 6.07) is 0. The Morgan fingerprint density at radius 2 is 0.941 bits per heavy atom. The molecule has 17 heavy (non-hydrogen) atoms. The summed E-state index contributed by atoms with van der Waals surface area (Å²) >= 11 is -0.171. The number of hydrogen-bond acceptors (Lipinski definition) is 2. The molecule has 0 amide bonds. The van der Waals surface area contributed by atoms with Gasteiger partial charge in [-0.15, -0.1) is 0 Å². The minimum absolute atomic E-state index is 0.171. The first kappa shape index (κ1) is 22.6. The summed E-state index contributed by atoms with van der Waals surface area (Å²) in [4.78, 5) is 0. The van der Waals surface area contributed by atoms with Crippen LogP contribution in [0.15, 0.2) is 0 Å². The van der Waals surface area contributed by atoms with Crippen LogP contribution in [0.25, 0.3) is 0 Å². The van der Waals surface area contributed by atoms with Crippen LogP contribution in [0.4, 0.5) is 0 Å². The third-order valence-electron chi connectivity index (χ3n) is 2.76. The number of aliphatic hydroxyl groups is 2. The largest absolute Gasteiger partial charge is 0.396 e. The van der Waals surface area contributed by atoms with Gasteiger partial charge in [0.25, 0.3) is 14.1 Å². The molecule has 3 heteroatoms. The van der Waals surface area contributed by atoms with E-state index in [2.05, 4.69) is 34.6 Å². The topological polar surface area (TPSA) is 40.5 Å². The maximum Gasteiger partial charge on any atom is 0.261 e. The third-order valence-corrected chi connectivity index (χ3v) is 6.22. The van der Waals surface area contributed by atoms with Crippen LogP contribution in [0.2, 0.25) is 15.8 Å². The Balaban J connectivity index is -0.000000177. The smallest absolute Gasteiger partial charge is 0.261 e.